The Labute approximate surface area is 235 Å². The minimum Gasteiger partial charge on any atom is -0.385 e. The number of hydrogen-bond acceptors (Lipinski definition) is 6. The third-order valence-electron chi connectivity index (χ3n) is 7.13. The monoisotopic (exact) mass is 556 g/mol. The molecule has 0 amide bonds. The average molecular weight is 557 g/mol. The van der Waals surface area contributed by atoms with Crippen molar-refractivity contribution in [3.8, 4) is 0 Å². The SMILES string of the molecule is CO[C@@H]1C=C(S(=O)(=O)c2ccc(C)cc2)[C@H](O)[C@@H](COC(c2ccccc2)(c2ccccc2)c2ccccc2)O1. The summed E-state index contributed by atoms with van der Waals surface area (Å²) in [6.45, 7) is 1.76. The van der Waals surface area contributed by atoms with E-state index in [0.717, 1.165) is 22.3 Å². The standard InChI is InChI=1S/C33H32O6S/c1-24-18-20-28(21-19-24)40(35,36)30-22-31(37-2)39-29(32(30)34)23-38-33(25-12-6-3-7-13-25,26-14-8-4-9-15-26)27-16-10-5-11-17-27/h3-22,29,31-32,34H,23H2,1-2H3/t29-,31+,32-/m1/s1. The topological polar surface area (TPSA) is 82.1 Å². The van der Waals surface area contributed by atoms with E-state index in [1.807, 2.05) is 97.9 Å². The molecule has 6 nitrogen and oxygen atoms in total. The van der Waals surface area contributed by atoms with Crippen LogP contribution in [0.4, 0.5) is 0 Å². The fraction of sp³-hybridized carbons (Fsp3) is 0.212. The van der Waals surface area contributed by atoms with Crippen LogP contribution in [-0.4, -0.2) is 45.7 Å². The van der Waals surface area contributed by atoms with Crippen molar-refractivity contribution in [1.82, 2.24) is 0 Å². The number of sulfone groups is 1. The van der Waals surface area contributed by atoms with Gasteiger partial charge in [-0.3, -0.25) is 0 Å². The van der Waals surface area contributed by atoms with E-state index in [2.05, 4.69) is 0 Å². The highest BCUT2D eigenvalue weighted by Gasteiger charge is 2.43. The third-order valence-corrected chi connectivity index (χ3v) is 9.02. The van der Waals surface area contributed by atoms with Gasteiger partial charge < -0.3 is 19.3 Å². The molecular formula is C33H32O6S. The van der Waals surface area contributed by atoms with Crippen LogP contribution >= 0.6 is 0 Å². The van der Waals surface area contributed by atoms with Crippen LogP contribution in [0, 0.1) is 6.92 Å². The Kier molecular flexibility index (Phi) is 8.30. The molecule has 0 radical (unpaired) electrons. The van der Waals surface area contributed by atoms with Crippen LogP contribution in [-0.2, 0) is 29.6 Å². The van der Waals surface area contributed by atoms with Gasteiger partial charge in [0.2, 0.25) is 9.84 Å². The van der Waals surface area contributed by atoms with Gasteiger partial charge in [-0.25, -0.2) is 8.42 Å². The quantitative estimate of drug-likeness (QED) is 0.278. The second kappa shape index (κ2) is 11.9. The molecule has 206 valence electrons. The summed E-state index contributed by atoms with van der Waals surface area (Å²) in [5.74, 6) is 0. The highest BCUT2D eigenvalue weighted by Crippen LogP contribution is 2.41. The number of aliphatic hydroxyl groups excluding tert-OH is 1. The van der Waals surface area contributed by atoms with Crippen molar-refractivity contribution in [2.75, 3.05) is 13.7 Å². The van der Waals surface area contributed by atoms with Gasteiger partial charge in [-0.2, -0.15) is 0 Å². The van der Waals surface area contributed by atoms with Crippen LogP contribution in [0.2, 0.25) is 0 Å². The molecule has 0 saturated heterocycles. The minimum atomic E-state index is -4.02. The number of rotatable bonds is 9. The molecule has 0 unspecified atom stereocenters. The molecule has 40 heavy (non-hydrogen) atoms. The molecule has 5 rings (SSSR count). The van der Waals surface area contributed by atoms with Crippen LogP contribution in [0.15, 0.2) is 131 Å². The van der Waals surface area contributed by atoms with Crippen molar-refractivity contribution in [1.29, 1.82) is 0 Å². The molecule has 3 atom stereocenters. The largest absolute Gasteiger partial charge is 0.385 e. The number of aliphatic hydroxyl groups is 1. The molecule has 4 aromatic rings. The first kappa shape index (κ1) is 28.0. The molecule has 7 heteroatoms. The Morgan fingerprint density at radius 3 is 1.70 bits per heavy atom. The maximum atomic E-state index is 13.6. The first-order valence-electron chi connectivity index (χ1n) is 13.1. The van der Waals surface area contributed by atoms with E-state index in [9.17, 15) is 13.5 Å². The lowest BCUT2D eigenvalue weighted by Crippen LogP contribution is -2.46. The highest BCUT2D eigenvalue weighted by molar-refractivity contribution is 7.95. The highest BCUT2D eigenvalue weighted by atomic mass is 32.2. The van der Waals surface area contributed by atoms with Gasteiger partial charge in [0.1, 0.15) is 17.8 Å². The molecule has 0 bridgehead atoms. The molecule has 0 fully saturated rings. The Bertz CT molecular complexity index is 1440. The number of ether oxygens (including phenoxy) is 3. The number of benzene rings is 4. The summed E-state index contributed by atoms with van der Waals surface area (Å²) in [6.07, 6.45) is -2.17. The molecule has 1 N–H and O–H groups in total. The lowest BCUT2D eigenvalue weighted by atomic mass is 9.80. The Morgan fingerprint density at radius 1 is 0.775 bits per heavy atom. The van der Waals surface area contributed by atoms with Crippen LogP contribution in [0.25, 0.3) is 0 Å². The van der Waals surface area contributed by atoms with Gasteiger partial charge in [-0.05, 0) is 41.8 Å². The average Bonchev–Trinajstić information content (AvgIpc) is 3.00. The van der Waals surface area contributed by atoms with Crippen LogP contribution in [0.5, 0.6) is 0 Å². The van der Waals surface area contributed by atoms with Gasteiger partial charge in [0, 0.05) is 7.11 Å². The molecule has 1 aliphatic heterocycles. The van der Waals surface area contributed by atoms with Gasteiger partial charge in [0.25, 0.3) is 0 Å². The van der Waals surface area contributed by atoms with Crippen molar-refractivity contribution >= 4 is 9.84 Å². The van der Waals surface area contributed by atoms with Gasteiger partial charge in [-0.15, -0.1) is 0 Å². The normalized spacial score (nSPS) is 19.7. The van der Waals surface area contributed by atoms with E-state index in [1.54, 1.807) is 12.1 Å². The predicted molar refractivity (Wildman–Crippen MR) is 153 cm³/mol. The number of aryl methyl sites for hydroxylation is 1. The lowest BCUT2D eigenvalue weighted by Gasteiger charge is -2.39. The Hall–Kier alpha value is -3.59. The van der Waals surface area contributed by atoms with Gasteiger partial charge in [-0.1, -0.05) is 109 Å². The number of methoxy groups -OCH3 is 1. The van der Waals surface area contributed by atoms with Crippen LogP contribution in [0.1, 0.15) is 22.3 Å². The Balaban J connectivity index is 1.55. The molecule has 0 aliphatic carbocycles. The number of hydrogen-bond donors (Lipinski definition) is 1. The predicted octanol–water partition coefficient (Wildman–Crippen LogP) is 5.39. The van der Waals surface area contributed by atoms with Gasteiger partial charge >= 0.3 is 0 Å². The molecular weight excluding hydrogens is 524 g/mol. The summed E-state index contributed by atoms with van der Waals surface area (Å²) < 4.78 is 45.4. The van der Waals surface area contributed by atoms with E-state index in [0.29, 0.717) is 0 Å². The Morgan fingerprint density at radius 2 is 1.25 bits per heavy atom. The van der Waals surface area contributed by atoms with Gasteiger partial charge in [0.05, 0.1) is 16.4 Å². The molecule has 1 aliphatic rings. The first-order valence-corrected chi connectivity index (χ1v) is 14.5. The molecule has 4 aromatic carbocycles. The lowest BCUT2D eigenvalue weighted by molar-refractivity contribution is -0.184. The van der Waals surface area contributed by atoms with Crippen molar-refractivity contribution in [2.24, 2.45) is 0 Å². The van der Waals surface area contributed by atoms with E-state index >= 15 is 0 Å². The van der Waals surface area contributed by atoms with E-state index in [1.165, 1.54) is 25.3 Å². The smallest absolute Gasteiger partial charge is 0.205 e. The maximum Gasteiger partial charge on any atom is 0.205 e. The summed E-state index contributed by atoms with van der Waals surface area (Å²) in [7, 11) is -2.59. The zero-order valence-corrected chi connectivity index (χ0v) is 23.2. The van der Waals surface area contributed by atoms with Gasteiger partial charge in [0.15, 0.2) is 6.29 Å². The second-order valence-electron chi connectivity index (χ2n) is 9.70. The molecule has 0 spiro atoms. The van der Waals surface area contributed by atoms with Crippen LogP contribution in [0.3, 0.4) is 0 Å². The first-order chi connectivity index (χ1) is 19.4. The summed E-state index contributed by atoms with van der Waals surface area (Å²) in [5.41, 5.74) is 2.50. The molecule has 0 saturated carbocycles. The summed E-state index contributed by atoms with van der Waals surface area (Å²) in [5, 5.41) is 11.4. The fourth-order valence-corrected chi connectivity index (χ4v) is 6.56. The second-order valence-corrected chi connectivity index (χ2v) is 11.6. The summed E-state index contributed by atoms with van der Waals surface area (Å²) in [6, 6.07) is 35.9. The summed E-state index contributed by atoms with van der Waals surface area (Å²) in [4.78, 5) is -0.0835. The zero-order chi connectivity index (χ0) is 28.2. The molecule has 0 aromatic heterocycles. The van der Waals surface area contributed by atoms with Crippen molar-refractivity contribution in [3.05, 3.63) is 148 Å². The zero-order valence-electron chi connectivity index (χ0n) is 22.4. The molecule has 1 heterocycles. The van der Waals surface area contributed by atoms with Crippen molar-refractivity contribution in [2.45, 2.75) is 35.9 Å². The third kappa shape index (κ3) is 5.39. The van der Waals surface area contributed by atoms with E-state index in [4.69, 9.17) is 14.2 Å². The fourth-order valence-electron chi connectivity index (χ4n) is 5.03. The van der Waals surface area contributed by atoms with Crippen LogP contribution < -0.4 is 0 Å². The van der Waals surface area contributed by atoms with Crippen molar-refractivity contribution < 1.29 is 27.7 Å². The van der Waals surface area contributed by atoms with E-state index in [-0.39, 0.29) is 16.4 Å². The summed E-state index contributed by atoms with van der Waals surface area (Å²) >= 11 is 0. The van der Waals surface area contributed by atoms with E-state index < -0.39 is 33.9 Å². The minimum absolute atomic E-state index is 0.0898. The maximum absolute atomic E-state index is 13.6. The van der Waals surface area contributed by atoms with Crippen molar-refractivity contribution in [3.63, 3.8) is 0 Å².